The van der Waals surface area contributed by atoms with Crippen LogP contribution in [0.5, 0.6) is 0 Å². The first-order chi connectivity index (χ1) is 6.24. The summed E-state index contributed by atoms with van der Waals surface area (Å²) in [6.07, 6.45) is 0.415. The van der Waals surface area contributed by atoms with E-state index in [1.54, 1.807) is 13.8 Å². The van der Waals surface area contributed by atoms with Crippen LogP contribution in [-0.2, 0) is 9.36 Å². The Morgan fingerprint density at radius 1 is 1.43 bits per heavy atom. The second-order valence-corrected chi connectivity index (χ2v) is 5.47. The van der Waals surface area contributed by atoms with Crippen LogP contribution in [0.2, 0.25) is 0 Å². The van der Waals surface area contributed by atoms with Crippen molar-refractivity contribution in [3.63, 3.8) is 0 Å². The van der Waals surface area contributed by atoms with E-state index in [1.807, 2.05) is 0 Å². The largest absolute Gasteiger partial charge is 0.325 e. The fourth-order valence-electron chi connectivity index (χ4n) is 1.09. The molecule has 0 aromatic carbocycles. The van der Waals surface area contributed by atoms with Gasteiger partial charge in [-0.1, -0.05) is 13.8 Å². The lowest BCUT2D eigenvalue weighted by atomic mass is 9.99. The number of hydrogen-bond acceptors (Lipinski definition) is 3. The molecule has 0 aromatic rings. The SMILES string of the molecule is CC(C)C(=O)C(N)CCCP(=O)(O)O. The Morgan fingerprint density at radius 3 is 2.29 bits per heavy atom. The van der Waals surface area contributed by atoms with Gasteiger partial charge in [0.1, 0.15) is 0 Å². The fourth-order valence-corrected chi connectivity index (χ4v) is 1.68. The molecule has 0 aliphatic heterocycles. The van der Waals surface area contributed by atoms with Crippen LogP contribution in [0.3, 0.4) is 0 Å². The van der Waals surface area contributed by atoms with E-state index in [-0.39, 0.29) is 24.3 Å². The molecule has 0 bridgehead atoms. The van der Waals surface area contributed by atoms with Crippen LogP contribution in [0.25, 0.3) is 0 Å². The molecule has 0 aliphatic rings. The van der Waals surface area contributed by atoms with Gasteiger partial charge in [0.05, 0.1) is 6.04 Å². The summed E-state index contributed by atoms with van der Waals surface area (Å²) in [6.45, 7) is 3.51. The third kappa shape index (κ3) is 6.27. The molecule has 0 saturated heterocycles. The van der Waals surface area contributed by atoms with E-state index in [4.69, 9.17) is 15.5 Å². The number of carbonyl (C=O) groups is 1. The summed E-state index contributed by atoms with van der Waals surface area (Å²) in [7, 11) is -3.94. The van der Waals surface area contributed by atoms with Gasteiger partial charge < -0.3 is 15.5 Å². The van der Waals surface area contributed by atoms with Gasteiger partial charge in [0.25, 0.3) is 0 Å². The van der Waals surface area contributed by atoms with Gasteiger partial charge in [-0.15, -0.1) is 0 Å². The Balaban J connectivity index is 3.81. The molecule has 5 nitrogen and oxygen atoms in total. The quantitative estimate of drug-likeness (QED) is 0.569. The highest BCUT2D eigenvalue weighted by atomic mass is 31.2. The summed E-state index contributed by atoms with van der Waals surface area (Å²) in [4.78, 5) is 28.4. The highest BCUT2D eigenvalue weighted by Crippen LogP contribution is 2.35. The van der Waals surface area contributed by atoms with Crippen LogP contribution in [-0.4, -0.2) is 27.8 Å². The van der Waals surface area contributed by atoms with Crippen LogP contribution in [0, 0.1) is 5.92 Å². The minimum atomic E-state index is -3.94. The molecular formula is C8H18NO4P. The first kappa shape index (κ1) is 13.8. The molecule has 0 heterocycles. The molecule has 1 unspecified atom stereocenters. The van der Waals surface area contributed by atoms with Crippen molar-refractivity contribution < 1.29 is 19.1 Å². The van der Waals surface area contributed by atoms with Crippen molar-refractivity contribution in [2.24, 2.45) is 11.7 Å². The van der Waals surface area contributed by atoms with Crippen LogP contribution in [0.1, 0.15) is 26.7 Å². The maximum absolute atomic E-state index is 11.3. The molecule has 84 valence electrons. The van der Waals surface area contributed by atoms with Crippen LogP contribution >= 0.6 is 7.60 Å². The standard InChI is InChI=1S/C8H18NO4P/c1-6(2)8(10)7(9)4-3-5-14(11,12)13/h6-7H,3-5,9H2,1-2H3,(H2,11,12,13). The van der Waals surface area contributed by atoms with E-state index in [2.05, 4.69) is 0 Å². The van der Waals surface area contributed by atoms with E-state index in [0.717, 1.165) is 0 Å². The second-order valence-electron chi connectivity index (χ2n) is 3.69. The Hall–Kier alpha value is -0.220. The van der Waals surface area contributed by atoms with E-state index in [1.165, 1.54) is 0 Å². The zero-order valence-corrected chi connectivity index (χ0v) is 9.41. The first-order valence-electron chi connectivity index (χ1n) is 4.58. The lowest BCUT2D eigenvalue weighted by Gasteiger charge is -2.12. The topological polar surface area (TPSA) is 101 Å². The number of ketones is 1. The lowest BCUT2D eigenvalue weighted by molar-refractivity contribution is -0.123. The van der Waals surface area contributed by atoms with E-state index in [0.29, 0.717) is 6.42 Å². The number of rotatable bonds is 6. The summed E-state index contributed by atoms with van der Waals surface area (Å²) in [5, 5.41) is 0. The van der Waals surface area contributed by atoms with Gasteiger partial charge in [0, 0.05) is 12.1 Å². The lowest BCUT2D eigenvalue weighted by Crippen LogP contribution is -2.33. The molecule has 0 radical (unpaired) electrons. The summed E-state index contributed by atoms with van der Waals surface area (Å²) in [5.74, 6) is -0.184. The molecule has 0 rings (SSSR count). The molecule has 6 heteroatoms. The smallest absolute Gasteiger partial charge is 0.324 e. The van der Waals surface area contributed by atoms with Crippen molar-refractivity contribution in [3.8, 4) is 0 Å². The molecule has 0 amide bonds. The summed E-state index contributed by atoms with van der Waals surface area (Å²) in [5.41, 5.74) is 5.54. The molecule has 0 spiro atoms. The highest BCUT2D eigenvalue weighted by Gasteiger charge is 2.18. The zero-order chi connectivity index (χ0) is 11.4. The van der Waals surface area contributed by atoms with Crippen molar-refractivity contribution in [1.29, 1.82) is 0 Å². The Bertz CT molecular complexity index is 235. The summed E-state index contributed by atoms with van der Waals surface area (Å²) in [6, 6.07) is -0.596. The Kier molecular flexibility index (Phi) is 5.52. The van der Waals surface area contributed by atoms with Gasteiger partial charge in [0.2, 0.25) is 0 Å². The highest BCUT2D eigenvalue weighted by molar-refractivity contribution is 7.51. The van der Waals surface area contributed by atoms with Gasteiger partial charge in [0.15, 0.2) is 5.78 Å². The third-order valence-electron chi connectivity index (χ3n) is 1.90. The van der Waals surface area contributed by atoms with Crippen molar-refractivity contribution in [1.82, 2.24) is 0 Å². The van der Waals surface area contributed by atoms with Crippen molar-refractivity contribution in [2.75, 3.05) is 6.16 Å². The van der Waals surface area contributed by atoms with E-state index in [9.17, 15) is 9.36 Å². The molecule has 1 atom stereocenters. The Morgan fingerprint density at radius 2 is 1.93 bits per heavy atom. The minimum Gasteiger partial charge on any atom is -0.324 e. The van der Waals surface area contributed by atoms with E-state index < -0.39 is 13.6 Å². The summed E-state index contributed by atoms with van der Waals surface area (Å²) >= 11 is 0. The average Bonchev–Trinajstić information content (AvgIpc) is 2.00. The molecule has 0 fully saturated rings. The predicted molar refractivity (Wildman–Crippen MR) is 54.0 cm³/mol. The van der Waals surface area contributed by atoms with Gasteiger partial charge in [-0.25, -0.2) is 0 Å². The van der Waals surface area contributed by atoms with Crippen LogP contribution < -0.4 is 5.73 Å². The predicted octanol–water partition coefficient (Wildman–Crippen LogP) is 0.497. The van der Waals surface area contributed by atoms with Gasteiger partial charge in [-0.3, -0.25) is 9.36 Å². The molecule has 0 aromatic heterocycles. The summed E-state index contributed by atoms with van der Waals surface area (Å²) < 4.78 is 10.5. The number of nitrogens with two attached hydrogens (primary N) is 1. The molecule has 0 saturated carbocycles. The fraction of sp³-hybridized carbons (Fsp3) is 0.875. The third-order valence-corrected chi connectivity index (χ3v) is 2.80. The monoisotopic (exact) mass is 223 g/mol. The number of Topliss-reactive ketones (excluding diaryl/α,β-unsaturated/α-hetero) is 1. The van der Waals surface area contributed by atoms with Crippen LogP contribution in [0.15, 0.2) is 0 Å². The van der Waals surface area contributed by atoms with E-state index >= 15 is 0 Å². The maximum Gasteiger partial charge on any atom is 0.325 e. The Labute approximate surface area is 83.8 Å². The van der Waals surface area contributed by atoms with Crippen LogP contribution in [0.4, 0.5) is 0 Å². The molecule has 14 heavy (non-hydrogen) atoms. The van der Waals surface area contributed by atoms with Gasteiger partial charge >= 0.3 is 7.60 Å². The van der Waals surface area contributed by atoms with Gasteiger partial charge in [-0.2, -0.15) is 0 Å². The zero-order valence-electron chi connectivity index (χ0n) is 8.51. The normalized spacial score (nSPS) is 14.4. The molecule has 0 aliphatic carbocycles. The molecule has 4 N–H and O–H groups in total. The van der Waals surface area contributed by atoms with Crippen molar-refractivity contribution in [3.05, 3.63) is 0 Å². The van der Waals surface area contributed by atoms with Crippen molar-refractivity contribution >= 4 is 13.4 Å². The first-order valence-corrected chi connectivity index (χ1v) is 6.37. The average molecular weight is 223 g/mol. The number of hydrogen-bond donors (Lipinski definition) is 3. The van der Waals surface area contributed by atoms with Crippen molar-refractivity contribution in [2.45, 2.75) is 32.7 Å². The molecular weight excluding hydrogens is 205 g/mol. The van der Waals surface area contributed by atoms with Gasteiger partial charge in [-0.05, 0) is 12.8 Å². The minimum absolute atomic E-state index is 0.0595. The number of carbonyl (C=O) groups excluding carboxylic acids is 1. The second kappa shape index (κ2) is 5.61. The maximum atomic E-state index is 11.3.